The zero-order chi connectivity index (χ0) is 15.1. The summed E-state index contributed by atoms with van der Waals surface area (Å²) in [5.74, 6) is 1.38. The van der Waals surface area contributed by atoms with Crippen molar-refractivity contribution < 1.29 is 14.3 Å². The first kappa shape index (κ1) is 15.6. The highest BCUT2D eigenvalue weighted by atomic mass is 16.5. The molecule has 1 aliphatic rings. The smallest absolute Gasteiger partial charge is 0.223 e. The van der Waals surface area contributed by atoms with E-state index < -0.39 is 0 Å². The van der Waals surface area contributed by atoms with E-state index in [-0.39, 0.29) is 11.9 Å². The Morgan fingerprint density at radius 3 is 2.57 bits per heavy atom. The third-order valence-electron chi connectivity index (χ3n) is 3.79. The summed E-state index contributed by atoms with van der Waals surface area (Å²) >= 11 is 0. The number of carbonyl (C=O) groups is 1. The summed E-state index contributed by atoms with van der Waals surface area (Å²) in [6.45, 7) is 0.346. The molecule has 0 heterocycles. The number of ether oxygens (including phenoxy) is 2. The van der Waals surface area contributed by atoms with Gasteiger partial charge in [0.1, 0.15) is 0 Å². The Balaban J connectivity index is 1.69. The van der Waals surface area contributed by atoms with Crippen molar-refractivity contribution in [1.82, 2.24) is 5.32 Å². The molecule has 0 atom stereocenters. The fourth-order valence-electron chi connectivity index (χ4n) is 2.56. The molecule has 0 saturated heterocycles. The van der Waals surface area contributed by atoms with Crippen molar-refractivity contribution in [3.05, 3.63) is 24.3 Å². The van der Waals surface area contributed by atoms with Gasteiger partial charge in [-0.3, -0.25) is 4.79 Å². The van der Waals surface area contributed by atoms with Gasteiger partial charge < -0.3 is 20.5 Å². The van der Waals surface area contributed by atoms with Crippen molar-refractivity contribution >= 4 is 5.91 Å². The Bertz CT molecular complexity index is 457. The minimum absolute atomic E-state index is 0.0327. The van der Waals surface area contributed by atoms with Crippen molar-refractivity contribution in [3.63, 3.8) is 0 Å². The van der Waals surface area contributed by atoms with Gasteiger partial charge in [-0.2, -0.15) is 0 Å². The van der Waals surface area contributed by atoms with Gasteiger partial charge in [-0.25, -0.2) is 0 Å². The molecule has 1 aromatic carbocycles. The van der Waals surface area contributed by atoms with Crippen LogP contribution in [0, 0.1) is 0 Å². The summed E-state index contributed by atoms with van der Waals surface area (Å²) in [6, 6.07) is 7.99. The molecule has 1 aliphatic carbocycles. The van der Waals surface area contributed by atoms with E-state index in [4.69, 9.17) is 15.2 Å². The third kappa shape index (κ3) is 4.93. The molecule has 0 unspecified atom stereocenters. The second kappa shape index (κ2) is 7.88. The van der Waals surface area contributed by atoms with E-state index >= 15 is 0 Å². The molecule has 5 nitrogen and oxygen atoms in total. The van der Waals surface area contributed by atoms with Crippen LogP contribution in [0.1, 0.15) is 32.1 Å². The molecule has 0 aromatic heterocycles. The predicted molar refractivity (Wildman–Crippen MR) is 81.5 cm³/mol. The SMILES string of the molecule is COc1ccccc1OCCC(=O)NC1CCC(N)CC1. The lowest BCUT2D eigenvalue weighted by Gasteiger charge is -2.26. The van der Waals surface area contributed by atoms with Crippen LogP contribution < -0.4 is 20.5 Å². The topological polar surface area (TPSA) is 73.6 Å². The van der Waals surface area contributed by atoms with Gasteiger partial charge in [0, 0.05) is 12.1 Å². The number of rotatable bonds is 6. The van der Waals surface area contributed by atoms with E-state index in [0.717, 1.165) is 25.7 Å². The molecule has 0 spiro atoms. The van der Waals surface area contributed by atoms with Gasteiger partial charge in [-0.1, -0.05) is 12.1 Å². The summed E-state index contributed by atoms with van der Waals surface area (Å²) in [5, 5.41) is 3.05. The van der Waals surface area contributed by atoms with Gasteiger partial charge in [0.2, 0.25) is 5.91 Å². The standard InChI is InChI=1S/C16H24N2O3/c1-20-14-4-2-3-5-15(14)21-11-10-16(19)18-13-8-6-12(17)7-9-13/h2-5,12-13H,6-11,17H2,1H3,(H,18,19). The van der Waals surface area contributed by atoms with Crippen LogP contribution in [0.4, 0.5) is 0 Å². The average molecular weight is 292 g/mol. The number of para-hydroxylation sites is 2. The number of carbonyl (C=O) groups excluding carboxylic acids is 1. The minimum atomic E-state index is 0.0327. The van der Waals surface area contributed by atoms with Crippen molar-refractivity contribution in [2.24, 2.45) is 5.73 Å². The summed E-state index contributed by atoms with van der Waals surface area (Å²) in [7, 11) is 1.60. The maximum absolute atomic E-state index is 11.9. The molecule has 0 aliphatic heterocycles. The Kier molecular flexibility index (Phi) is 5.87. The normalized spacial score (nSPS) is 21.6. The first-order valence-corrected chi connectivity index (χ1v) is 7.50. The van der Waals surface area contributed by atoms with Crippen LogP contribution in [0.5, 0.6) is 11.5 Å². The van der Waals surface area contributed by atoms with Crippen LogP contribution >= 0.6 is 0 Å². The maximum atomic E-state index is 11.9. The monoisotopic (exact) mass is 292 g/mol. The van der Waals surface area contributed by atoms with E-state index in [9.17, 15) is 4.79 Å². The number of hydrogen-bond donors (Lipinski definition) is 2. The summed E-state index contributed by atoms with van der Waals surface area (Å²) in [6.07, 6.45) is 4.27. The Morgan fingerprint density at radius 1 is 1.24 bits per heavy atom. The fraction of sp³-hybridized carbons (Fsp3) is 0.562. The van der Waals surface area contributed by atoms with Crippen molar-refractivity contribution in [3.8, 4) is 11.5 Å². The number of amides is 1. The molecule has 3 N–H and O–H groups in total. The first-order chi connectivity index (χ1) is 10.2. The lowest BCUT2D eigenvalue weighted by atomic mass is 9.92. The van der Waals surface area contributed by atoms with Crippen LogP contribution in [0.15, 0.2) is 24.3 Å². The molecule has 1 aromatic rings. The van der Waals surface area contributed by atoms with Crippen molar-refractivity contribution in [1.29, 1.82) is 0 Å². The fourth-order valence-corrected chi connectivity index (χ4v) is 2.56. The molecule has 1 amide bonds. The van der Waals surface area contributed by atoms with Crippen molar-refractivity contribution in [2.45, 2.75) is 44.2 Å². The minimum Gasteiger partial charge on any atom is -0.493 e. The number of methoxy groups -OCH3 is 1. The summed E-state index contributed by atoms with van der Waals surface area (Å²) in [4.78, 5) is 11.9. The number of benzene rings is 1. The third-order valence-corrected chi connectivity index (χ3v) is 3.79. The van der Waals surface area contributed by atoms with E-state index in [1.807, 2.05) is 24.3 Å². The number of hydrogen-bond acceptors (Lipinski definition) is 4. The van der Waals surface area contributed by atoms with E-state index in [0.29, 0.717) is 30.6 Å². The number of nitrogens with two attached hydrogens (primary N) is 1. The van der Waals surface area contributed by atoms with Gasteiger partial charge in [-0.15, -0.1) is 0 Å². The Labute approximate surface area is 125 Å². The van der Waals surface area contributed by atoms with Gasteiger partial charge in [0.05, 0.1) is 20.1 Å². The van der Waals surface area contributed by atoms with Gasteiger partial charge in [0.15, 0.2) is 11.5 Å². The van der Waals surface area contributed by atoms with Crippen LogP contribution in [0.2, 0.25) is 0 Å². The second-order valence-electron chi connectivity index (χ2n) is 5.43. The molecule has 5 heteroatoms. The molecule has 2 rings (SSSR count). The van der Waals surface area contributed by atoms with Crippen LogP contribution in [0.25, 0.3) is 0 Å². The molecule has 21 heavy (non-hydrogen) atoms. The molecule has 0 radical (unpaired) electrons. The van der Waals surface area contributed by atoms with E-state index in [1.165, 1.54) is 0 Å². The Morgan fingerprint density at radius 2 is 1.90 bits per heavy atom. The highest BCUT2D eigenvalue weighted by Crippen LogP contribution is 2.25. The summed E-state index contributed by atoms with van der Waals surface area (Å²) in [5.41, 5.74) is 5.86. The quantitative estimate of drug-likeness (QED) is 0.839. The zero-order valence-corrected chi connectivity index (χ0v) is 12.5. The highest BCUT2D eigenvalue weighted by molar-refractivity contribution is 5.76. The van der Waals surface area contributed by atoms with Crippen LogP contribution in [-0.2, 0) is 4.79 Å². The van der Waals surface area contributed by atoms with Crippen molar-refractivity contribution in [2.75, 3.05) is 13.7 Å². The Hall–Kier alpha value is -1.75. The molecule has 1 fully saturated rings. The van der Waals surface area contributed by atoms with Gasteiger partial charge in [0.25, 0.3) is 0 Å². The molecule has 0 bridgehead atoms. The molecule has 1 saturated carbocycles. The number of nitrogens with one attached hydrogen (secondary N) is 1. The molecular weight excluding hydrogens is 268 g/mol. The van der Waals surface area contributed by atoms with Gasteiger partial charge >= 0.3 is 0 Å². The molecular formula is C16H24N2O3. The second-order valence-corrected chi connectivity index (χ2v) is 5.43. The van der Waals surface area contributed by atoms with Crippen LogP contribution in [-0.4, -0.2) is 31.7 Å². The largest absolute Gasteiger partial charge is 0.493 e. The van der Waals surface area contributed by atoms with E-state index in [2.05, 4.69) is 5.32 Å². The van der Waals surface area contributed by atoms with Crippen LogP contribution in [0.3, 0.4) is 0 Å². The van der Waals surface area contributed by atoms with E-state index in [1.54, 1.807) is 7.11 Å². The zero-order valence-electron chi connectivity index (χ0n) is 12.5. The lowest BCUT2D eigenvalue weighted by molar-refractivity contribution is -0.122. The first-order valence-electron chi connectivity index (χ1n) is 7.50. The van der Waals surface area contributed by atoms with Gasteiger partial charge in [-0.05, 0) is 37.8 Å². The maximum Gasteiger partial charge on any atom is 0.223 e. The summed E-state index contributed by atoms with van der Waals surface area (Å²) < 4.78 is 10.8. The lowest BCUT2D eigenvalue weighted by Crippen LogP contribution is -2.40. The molecule has 116 valence electrons. The predicted octanol–water partition coefficient (Wildman–Crippen LogP) is 1.85. The average Bonchev–Trinajstić information content (AvgIpc) is 2.50. The highest BCUT2D eigenvalue weighted by Gasteiger charge is 2.19.